The van der Waals surface area contributed by atoms with Crippen LogP contribution in [0.2, 0.25) is 0 Å². The van der Waals surface area contributed by atoms with Gasteiger partial charge >= 0.3 is 0 Å². The predicted octanol–water partition coefficient (Wildman–Crippen LogP) is 3.74. The molecule has 2 rings (SSSR count). The minimum Gasteiger partial charge on any atom is -0.338 e. The summed E-state index contributed by atoms with van der Waals surface area (Å²) < 4.78 is 5.38. The van der Waals surface area contributed by atoms with Gasteiger partial charge in [-0.25, -0.2) is 0 Å². The van der Waals surface area contributed by atoms with Crippen molar-refractivity contribution in [2.45, 2.75) is 26.2 Å². The molecule has 0 bridgehead atoms. The molecule has 1 aromatic carbocycles. The summed E-state index contributed by atoms with van der Waals surface area (Å²) in [7, 11) is 1.97. The van der Waals surface area contributed by atoms with Gasteiger partial charge in [-0.05, 0) is 12.1 Å². The summed E-state index contributed by atoms with van der Waals surface area (Å²) in [6.45, 7) is 6.37. The van der Waals surface area contributed by atoms with E-state index in [4.69, 9.17) is 4.52 Å². The highest BCUT2D eigenvalue weighted by molar-refractivity contribution is 5.57. The van der Waals surface area contributed by atoms with Gasteiger partial charge in [0.2, 0.25) is 5.88 Å². The van der Waals surface area contributed by atoms with Crippen molar-refractivity contribution in [1.29, 1.82) is 0 Å². The number of nitrogens with zero attached hydrogens (tertiary/aromatic N) is 2. The van der Waals surface area contributed by atoms with E-state index >= 15 is 0 Å². The highest BCUT2D eigenvalue weighted by atomic mass is 16.5. The molecule has 0 aliphatic carbocycles. The first kappa shape index (κ1) is 11.7. The third kappa shape index (κ3) is 2.49. The second-order valence-corrected chi connectivity index (χ2v) is 5.19. The molecule has 0 fully saturated rings. The molecule has 0 spiro atoms. The number of aromatic nitrogens is 1. The van der Waals surface area contributed by atoms with Gasteiger partial charge < -0.3 is 9.42 Å². The van der Waals surface area contributed by atoms with Crippen LogP contribution in [0.5, 0.6) is 0 Å². The lowest BCUT2D eigenvalue weighted by atomic mass is 9.92. The molecule has 3 nitrogen and oxygen atoms in total. The maximum absolute atomic E-state index is 5.38. The van der Waals surface area contributed by atoms with Crippen LogP contribution in [0.15, 0.2) is 40.9 Å². The van der Waals surface area contributed by atoms with E-state index in [0.717, 1.165) is 17.3 Å². The number of anilines is 2. The Morgan fingerprint density at radius 3 is 2.29 bits per heavy atom. The Labute approximate surface area is 102 Å². The Morgan fingerprint density at radius 1 is 1.12 bits per heavy atom. The summed E-state index contributed by atoms with van der Waals surface area (Å²) in [5, 5.41) is 4.12. The lowest BCUT2D eigenvalue weighted by Crippen LogP contribution is -2.11. The highest BCUT2D eigenvalue weighted by Crippen LogP contribution is 2.28. The minimum absolute atomic E-state index is 0.0132. The van der Waals surface area contributed by atoms with E-state index in [0.29, 0.717) is 0 Å². The van der Waals surface area contributed by atoms with Gasteiger partial charge in [-0.1, -0.05) is 44.1 Å². The minimum atomic E-state index is 0.0132. The molecule has 0 saturated heterocycles. The maximum Gasteiger partial charge on any atom is 0.231 e. The quantitative estimate of drug-likeness (QED) is 0.787. The van der Waals surface area contributed by atoms with Crippen LogP contribution in [0, 0.1) is 0 Å². The van der Waals surface area contributed by atoms with Gasteiger partial charge in [0.05, 0.1) is 5.69 Å². The van der Waals surface area contributed by atoms with E-state index in [1.807, 2.05) is 48.3 Å². The monoisotopic (exact) mass is 230 g/mol. The van der Waals surface area contributed by atoms with Crippen molar-refractivity contribution in [2.24, 2.45) is 0 Å². The molecule has 3 heteroatoms. The second kappa shape index (κ2) is 4.24. The fourth-order valence-electron chi connectivity index (χ4n) is 1.56. The maximum atomic E-state index is 5.38. The molecule has 2 aromatic rings. The van der Waals surface area contributed by atoms with Crippen LogP contribution in [0.4, 0.5) is 11.6 Å². The molecule has 0 radical (unpaired) electrons. The van der Waals surface area contributed by atoms with Gasteiger partial charge in [0.25, 0.3) is 0 Å². The molecule has 0 amide bonds. The first-order chi connectivity index (χ1) is 7.98. The second-order valence-electron chi connectivity index (χ2n) is 5.19. The van der Waals surface area contributed by atoms with Crippen LogP contribution < -0.4 is 4.90 Å². The standard InChI is InChI=1S/C14H18N2O/c1-14(2,3)12-10-13(17-15-12)16(4)11-8-6-5-7-9-11/h5-10H,1-4H3. The zero-order valence-electron chi connectivity index (χ0n) is 10.8. The number of rotatable bonds is 2. The zero-order chi connectivity index (χ0) is 12.5. The van der Waals surface area contributed by atoms with Crippen LogP contribution in [0.25, 0.3) is 0 Å². The van der Waals surface area contributed by atoms with E-state index in [-0.39, 0.29) is 5.41 Å². The average molecular weight is 230 g/mol. The molecule has 0 aliphatic rings. The van der Waals surface area contributed by atoms with Crippen LogP contribution >= 0.6 is 0 Å². The Kier molecular flexibility index (Phi) is 2.92. The van der Waals surface area contributed by atoms with Gasteiger partial charge in [-0.3, -0.25) is 0 Å². The van der Waals surface area contributed by atoms with Crippen molar-refractivity contribution < 1.29 is 4.52 Å². The molecule has 0 aliphatic heterocycles. The van der Waals surface area contributed by atoms with E-state index in [9.17, 15) is 0 Å². The lowest BCUT2D eigenvalue weighted by molar-refractivity contribution is 0.398. The van der Waals surface area contributed by atoms with E-state index < -0.39 is 0 Å². The fourth-order valence-corrected chi connectivity index (χ4v) is 1.56. The van der Waals surface area contributed by atoms with Crippen molar-refractivity contribution in [3.63, 3.8) is 0 Å². The fraction of sp³-hybridized carbons (Fsp3) is 0.357. The molecule has 1 aromatic heterocycles. The Bertz CT molecular complexity index is 482. The van der Waals surface area contributed by atoms with Crippen molar-refractivity contribution in [3.8, 4) is 0 Å². The predicted molar refractivity (Wildman–Crippen MR) is 69.7 cm³/mol. The highest BCUT2D eigenvalue weighted by Gasteiger charge is 2.20. The van der Waals surface area contributed by atoms with Crippen LogP contribution in [0.3, 0.4) is 0 Å². The number of benzene rings is 1. The Balaban J connectivity index is 2.27. The summed E-state index contributed by atoms with van der Waals surface area (Å²) in [5.41, 5.74) is 2.07. The molecule has 0 unspecified atom stereocenters. The van der Waals surface area contributed by atoms with Gasteiger partial charge in [-0.2, -0.15) is 0 Å². The van der Waals surface area contributed by atoms with E-state index in [2.05, 4.69) is 25.9 Å². The molecule has 1 heterocycles. The summed E-state index contributed by atoms with van der Waals surface area (Å²) >= 11 is 0. The summed E-state index contributed by atoms with van der Waals surface area (Å²) in [5.74, 6) is 0.765. The van der Waals surface area contributed by atoms with Crippen molar-refractivity contribution >= 4 is 11.6 Å². The first-order valence-corrected chi connectivity index (χ1v) is 5.74. The molecule has 17 heavy (non-hydrogen) atoms. The SMILES string of the molecule is CN(c1ccccc1)c1cc(C(C)(C)C)no1. The van der Waals surface area contributed by atoms with Crippen molar-refractivity contribution in [1.82, 2.24) is 5.16 Å². The Hall–Kier alpha value is -1.77. The first-order valence-electron chi connectivity index (χ1n) is 5.74. The summed E-state index contributed by atoms with van der Waals surface area (Å²) in [4.78, 5) is 1.99. The van der Waals surface area contributed by atoms with Crippen molar-refractivity contribution in [2.75, 3.05) is 11.9 Å². The largest absolute Gasteiger partial charge is 0.338 e. The summed E-state index contributed by atoms with van der Waals surface area (Å²) in [6.07, 6.45) is 0. The average Bonchev–Trinajstić information content (AvgIpc) is 2.78. The zero-order valence-corrected chi connectivity index (χ0v) is 10.8. The van der Waals surface area contributed by atoms with Crippen molar-refractivity contribution in [3.05, 3.63) is 42.1 Å². The topological polar surface area (TPSA) is 29.3 Å². The van der Waals surface area contributed by atoms with Crippen LogP contribution in [0.1, 0.15) is 26.5 Å². The normalized spacial score (nSPS) is 11.5. The number of hydrogen-bond acceptors (Lipinski definition) is 3. The van der Waals surface area contributed by atoms with Gasteiger partial charge in [0.15, 0.2) is 0 Å². The van der Waals surface area contributed by atoms with Gasteiger partial charge in [0, 0.05) is 24.2 Å². The molecule has 0 atom stereocenters. The third-order valence-corrected chi connectivity index (χ3v) is 2.74. The molecular weight excluding hydrogens is 212 g/mol. The number of para-hydroxylation sites is 1. The van der Waals surface area contributed by atoms with Crippen LogP contribution in [-0.4, -0.2) is 12.2 Å². The Morgan fingerprint density at radius 2 is 1.76 bits per heavy atom. The van der Waals surface area contributed by atoms with E-state index in [1.54, 1.807) is 0 Å². The molecule has 0 saturated carbocycles. The third-order valence-electron chi connectivity index (χ3n) is 2.74. The molecular formula is C14H18N2O. The van der Waals surface area contributed by atoms with Crippen LogP contribution in [-0.2, 0) is 5.41 Å². The lowest BCUT2D eigenvalue weighted by Gasteiger charge is -2.15. The number of hydrogen-bond donors (Lipinski definition) is 0. The van der Waals surface area contributed by atoms with Gasteiger partial charge in [0.1, 0.15) is 0 Å². The smallest absolute Gasteiger partial charge is 0.231 e. The molecule has 0 N–H and O–H groups in total. The summed E-state index contributed by atoms with van der Waals surface area (Å²) in [6, 6.07) is 12.1. The molecule has 90 valence electrons. The van der Waals surface area contributed by atoms with E-state index in [1.165, 1.54) is 0 Å². The van der Waals surface area contributed by atoms with Gasteiger partial charge in [-0.15, -0.1) is 0 Å².